The third-order valence-corrected chi connectivity index (χ3v) is 2.70. The van der Waals surface area contributed by atoms with Crippen LogP contribution in [-0.2, 0) is 13.5 Å². The van der Waals surface area contributed by atoms with Gasteiger partial charge in [0.15, 0.2) is 5.69 Å². The zero-order valence-electron chi connectivity index (χ0n) is 11.3. The van der Waals surface area contributed by atoms with E-state index in [1.807, 2.05) is 7.05 Å². The lowest BCUT2D eigenvalue weighted by atomic mass is 10.3. The molecule has 21 heavy (non-hydrogen) atoms. The molecule has 9 heteroatoms. The van der Waals surface area contributed by atoms with Crippen molar-refractivity contribution in [1.29, 1.82) is 0 Å². The summed E-state index contributed by atoms with van der Waals surface area (Å²) >= 11 is 0. The predicted molar refractivity (Wildman–Crippen MR) is 72.9 cm³/mol. The highest BCUT2D eigenvalue weighted by atomic mass is 16.4. The number of pyridine rings is 1. The summed E-state index contributed by atoms with van der Waals surface area (Å²) in [5.74, 6) is -0.465. The minimum absolute atomic E-state index is 0.140. The van der Waals surface area contributed by atoms with E-state index in [2.05, 4.69) is 25.8 Å². The van der Waals surface area contributed by atoms with Crippen LogP contribution in [0.5, 0.6) is 0 Å². The van der Waals surface area contributed by atoms with E-state index in [0.717, 1.165) is 5.82 Å². The van der Waals surface area contributed by atoms with Crippen molar-refractivity contribution in [1.82, 2.24) is 25.1 Å². The van der Waals surface area contributed by atoms with Crippen molar-refractivity contribution in [3.05, 3.63) is 36.2 Å². The SMILES string of the molecule is Cn1cnnc1CCNC(=O)Nc1cccnc1C(=O)O. The van der Waals surface area contributed by atoms with E-state index in [1.54, 1.807) is 17.0 Å². The van der Waals surface area contributed by atoms with Gasteiger partial charge in [0.05, 0.1) is 5.69 Å². The van der Waals surface area contributed by atoms with Gasteiger partial charge in [0, 0.05) is 26.2 Å². The van der Waals surface area contributed by atoms with Gasteiger partial charge >= 0.3 is 12.0 Å². The molecule has 0 saturated heterocycles. The number of aromatic carboxylic acids is 1. The van der Waals surface area contributed by atoms with Crippen molar-refractivity contribution in [3.8, 4) is 0 Å². The summed E-state index contributed by atoms with van der Waals surface area (Å²) in [7, 11) is 1.81. The van der Waals surface area contributed by atoms with Gasteiger partial charge in [0.1, 0.15) is 12.2 Å². The van der Waals surface area contributed by atoms with Gasteiger partial charge < -0.3 is 20.3 Å². The van der Waals surface area contributed by atoms with Crippen LogP contribution in [0.15, 0.2) is 24.7 Å². The van der Waals surface area contributed by atoms with Gasteiger partial charge in [-0.15, -0.1) is 10.2 Å². The number of carbonyl (C=O) groups excluding carboxylic acids is 1. The fraction of sp³-hybridized carbons (Fsp3) is 0.250. The van der Waals surface area contributed by atoms with E-state index >= 15 is 0 Å². The van der Waals surface area contributed by atoms with Crippen molar-refractivity contribution in [2.75, 3.05) is 11.9 Å². The molecule has 0 unspecified atom stereocenters. The fourth-order valence-electron chi connectivity index (χ4n) is 1.66. The number of hydrogen-bond acceptors (Lipinski definition) is 5. The molecule has 0 bridgehead atoms. The molecule has 0 fully saturated rings. The average molecular weight is 290 g/mol. The van der Waals surface area contributed by atoms with Crippen LogP contribution < -0.4 is 10.6 Å². The molecule has 2 heterocycles. The molecule has 2 rings (SSSR count). The van der Waals surface area contributed by atoms with Crippen LogP contribution in [0.3, 0.4) is 0 Å². The number of carboxylic acid groups (broad SMARTS) is 1. The van der Waals surface area contributed by atoms with Crippen LogP contribution in [0.2, 0.25) is 0 Å². The summed E-state index contributed by atoms with van der Waals surface area (Å²) < 4.78 is 1.75. The third-order valence-electron chi connectivity index (χ3n) is 2.70. The molecule has 0 aliphatic heterocycles. The summed E-state index contributed by atoms with van der Waals surface area (Å²) in [5, 5.41) is 21.6. The van der Waals surface area contributed by atoms with E-state index < -0.39 is 12.0 Å². The lowest BCUT2D eigenvalue weighted by Crippen LogP contribution is -2.31. The van der Waals surface area contributed by atoms with Gasteiger partial charge in [0.25, 0.3) is 0 Å². The highest BCUT2D eigenvalue weighted by Crippen LogP contribution is 2.11. The van der Waals surface area contributed by atoms with Crippen molar-refractivity contribution in [2.45, 2.75) is 6.42 Å². The van der Waals surface area contributed by atoms with E-state index in [9.17, 15) is 9.59 Å². The minimum Gasteiger partial charge on any atom is -0.476 e. The summed E-state index contributed by atoms with van der Waals surface area (Å²) in [6.45, 7) is 0.348. The zero-order chi connectivity index (χ0) is 15.2. The molecule has 2 aromatic rings. The number of aryl methyl sites for hydroxylation is 1. The quantitative estimate of drug-likeness (QED) is 0.726. The van der Waals surface area contributed by atoms with E-state index in [-0.39, 0.29) is 11.4 Å². The topological polar surface area (TPSA) is 122 Å². The standard InChI is InChI=1S/C12H14N6O3/c1-18-7-15-17-9(18)4-6-14-12(21)16-8-3-2-5-13-10(8)11(19)20/h2-3,5,7H,4,6H2,1H3,(H,19,20)(H2,14,16,21). The monoisotopic (exact) mass is 290 g/mol. The summed E-state index contributed by atoms with van der Waals surface area (Å²) in [6.07, 6.45) is 3.44. The average Bonchev–Trinajstić information content (AvgIpc) is 2.85. The molecule has 0 aliphatic carbocycles. The Bertz CT molecular complexity index is 654. The first kappa shape index (κ1) is 14.4. The highest BCUT2D eigenvalue weighted by molar-refractivity contribution is 5.98. The maximum absolute atomic E-state index is 11.7. The Morgan fingerprint density at radius 1 is 1.43 bits per heavy atom. The Hall–Kier alpha value is -2.97. The number of amides is 2. The van der Waals surface area contributed by atoms with E-state index in [0.29, 0.717) is 13.0 Å². The van der Waals surface area contributed by atoms with Crippen LogP contribution in [0.1, 0.15) is 16.3 Å². The lowest BCUT2D eigenvalue weighted by molar-refractivity contribution is 0.0691. The van der Waals surface area contributed by atoms with Crippen LogP contribution in [0, 0.1) is 0 Å². The fourth-order valence-corrected chi connectivity index (χ4v) is 1.66. The van der Waals surface area contributed by atoms with Gasteiger partial charge in [-0.25, -0.2) is 14.6 Å². The maximum atomic E-state index is 11.7. The molecule has 3 N–H and O–H groups in total. The molecule has 2 amide bonds. The Morgan fingerprint density at radius 3 is 2.90 bits per heavy atom. The number of nitrogens with zero attached hydrogens (tertiary/aromatic N) is 4. The van der Waals surface area contributed by atoms with E-state index in [4.69, 9.17) is 5.11 Å². The summed E-state index contributed by atoms with van der Waals surface area (Å²) in [5.41, 5.74) is -0.0675. The molecule has 2 aromatic heterocycles. The Labute approximate surface area is 120 Å². The number of carboxylic acids is 1. The first-order chi connectivity index (χ1) is 10.1. The van der Waals surface area contributed by atoms with Gasteiger partial charge in [-0.05, 0) is 12.1 Å². The van der Waals surface area contributed by atoms with Gasteiger partial charge in [0.2, 0.25) is 0 Å². The minimum atomic E-state index is -1.20. The lowest BCUT2D eigenvalue weighted by Gasteiger charge is -2.08. The molecular formula is C12H14N6O3. The Kier molecular flexibility index (Phi) is 4.44. The number of carbonyl (C=O) groups is 2. The molecule has 0 saturated carbocycles. The number of anilines is 1. The molecule has 0 aromatic carbocycles. The Balaban J connectivity index is 1.88. The predicted octanol–water partition coefficient (Wildman–Crippen LogP) is 0.272. The van der Waals surface area contributed by atoms with Crippen molar-refractivity contribution in [2.24, 2.45) is 7.05 Å². The summed E-state index contributed by atoms with van der Waals surface area (Å²) in [6, 6.07) is 2.51. The van der Waals surface area contributed by atoms with Crippen LogP contribution >= 0.6 is 0 Å². The normalized spacial score (nSPS) is 10.1. The molecular weight excluding hydrogens is 276 g/mol. The van der Waals surface area contributed by atoms with E-state index in [1.165, 1.54) is 12.3 Å². The smallest absolute Gasteiger partial charge is 0.356 e. The maximum Gasteiger partial charge on any atom is 0.356 e. The van der Waals surface area contributed by atoms with Crippen LogP contribution in [0.25, 0.3) is 0 Å². The number of hydrogen-bond donors (Lipinski definition) is 3. The number of rotatable bonds is 5. The van der Waals surface area contributed by atoms with Crippen LogP contribution in [0.4, 0.5) is 10.5 Å². The first-order valence-corrected chi connectivity index (χ1v) is 6.14. The number of nitrogens with one attached hydrogen (secondary N) is 2. The number of aromatic nitrogens is 4. The second-order valence-electron chi connectivity index (χ2n) is 4.19. The third kappa shape index (κ3) is 3.75. The second-order valence-corrected chi connectivity index (χ2v) is 4.19. The highest BCUT2D eigenvalue weighted by Gasteiger charge is 2.13. The van der Waals surface area contributed by atoms with Crippen molar-refractivity contribution >= 4 is 17.7 Å². The first-order valence-electron chi connectivity index (χ1n) is 6.14. The zero-order valence-corrected chi connectivity index (χ0v) is 11.3. The van der Waals surface area contributed by atoms with Gasteiger partial charge in [-0.1, -0.05) is 0 Å². The second kappa shape index (κ2) is 6.46. The number of urea groups is 1. The molecule has 0 radical (unpaired) electrons. The molecule has 9 nitrogen and oxygen atoms in total. The van der Waals surface area contributed by atoms with Gasteiger partial charge in [-0.2, -0.15) is 0 Å². The Morgan fingerprint density at radius 2 is 2.24 bits per heavy atom. The van der Waals surface area contributed by atoms with Gasteiger partial charge in [-0.3, -0.25) is 0 Å². The van der Waals surface area contributed by atoms with Crippen molar-refractivity contribution < 1.29 is 14.7 Å². The summed E-state index contributed by atoms with van der Waals surface area (Å²) in [4.78, 5) is 26.4. The van der Waals surface area contributed by atoms with Crippen LogP contribution in [-0.4, -0.2) is 43.4 Å². The largest absolute Gasteiger partial charge is 0.476 e. The van der Waals surface area contributed by atoms with Crippen molar-refractivity contribution in [3.63, 3.8) is 0 Å². The molecule has 0 aliphatic rings. The molecule has 0 atom stereocenters. The molecule has 110 valence electrons. The molecule has 0 spiro atoms.